The highest BCUT2D eigenvalue weighted by molar-refractivity contribution is 9.10. The molecule has 1 aliphatic rings. The Kier molecular flexibility index (Phi) is 5.40. The maximum absolute atomic E-state index is 13.0. The quantitative estimate of drug-likeness (QED) is 0.794. The van der Waals surface area contributed by atoms with E-state index >= 15 is 0 Å². The Balaban J connectivity index is 1.96. The first-order valence-corrected chi connectivity index (χ1v) is 9.72. The summed E-state index contributed by atoms with van der Waals surface area (Å²) in [7, 11) is 0. The third-order valence-electron chi connectivity index (χ3n) is 5.03. The maximum atomic E-state index is 13.0. The van der Waals surface area contributed by atoms with Crippen LogP contribution in [0.4, 0.5) is 0 Å². The van der Waals surface area contributed by atoms with Gasteiger partial charge in [0, 0.05) is 30.0 Å². The van der Waals surface area contributed by atoms with Crippen molar-refractivity contribution >= 4 is 26.8 Å². The molecule has 1 aliphatic heterocycles. The minimum absolute atomic E-state index is 0.0971. The van der Waals surface area contributed by atoms with E-state index in [0.29, 0.717) is 17.3 Å². The third kappa shape index (κ3) is 3.57. The van der Waals surface area contributed by atoms with Gasteiger partial charge >= 0.3 is 0 Å². The van der Waals surface area contributed by atoms with Crippen LogP contribution in [0, 0.1) is 5.92 Å². The second-order valence-corrected chi connectivity index (χ2v) is 7.97. The Bertz CT molecular complexity index is 784. The standard InChI is InChI=1S/C19H26BrN3O/c1-4-18-21-17-8-7-15(20)10-16(17)19(24)23(18)12-14-6-5-9-22(11-14)13(2)3/h7-8,10,13-14H,4-6,9,11-12H2,1-3H3/t14-/m0/s1. The molecule has 2 aromatic rings. The Hall–Kier alpha value is -1.20. The van der Waals surface area contributed by atoms with Crippen LogP contribution in [0.25, 0.3) is 10.9 Å². The Morgan fingerprint density at radius 1 is 1.38 bits per heavy atom. The summed E-state index contributed by atoms with van der Waals surface area (Å²) >= 11 is 3.47. The van der Waals surface area contributed by atoms with E-state index in [1.807, 2.05) is 22.8 Å². The van der Waals surface area contributed by atoms with Crippen molar-refractivity contribution in [2.24, 2.45) is 5.92 Å². The van der Waals surface area contributed by atoms with Gasteiger partial charge in [0.05, 0.1) is 10.9 Å². The van der Waals surface area contributed by atoms with E-state index < -0.39 is 0 Å². The molecule has 0 bridgehead atoms. The zero-order valence-electron chi connectivity index (χ0n) is 14.8. The molecule has 3 rings (SSSR count). The molecule has 0 spiro atoms. The molecule has 4 nitrogen and oxygen atoms in total. The molecule has 5 heteroatoms. The molecule has 130 valence electrons. The van der Waals surface area contributed by atoms with Crippen LogP contribution in [0.2, 0.25) is 0 Å². The van der Waals surface area contributed by atoms with Crippen LogP contribution in [0.5, 0.6) is 0 Å². The highest BCUT2D eigenvalue weighted by Crippen LogP contribution is 2.21. The molecule has 1 fully saturated rings. The van der Waals surface area contributed by atoms with Crippen molar-refractivity contribution in [3.8, 4) is 0 Å². The minimum atomic E-state index is 0.0971. The molecule has 0 amide bonds. The average Bonchev–Trinajstić information content (AvgIpc) is 2.58. The number of likely N-dealkylation sites (tertiary alicyclic amines) is 1. The second kappa shape index (κ2) is 7.36. The van der Waals surface area contributed by atoms with Crippen LogP contribution in [-0.4, -0.2) is 33.6 Å². The summed E-state index contributed by atoms with van der Waals surface area (Å²) < 4.78 is 2.84. The number of hydrogen-bond acceptors (Lipinski definition) is 3. The second-order valence-electron chi connectivity index (χ2n) is 7.06. The molecule has 0 aliphatic carbocycles. The zero-order valence-corrected chi connectivity index (χ0v) is 16.3. The minimum Gasteiger partial charge on any atom is -0.301 e. The first-order chi connectivity index (χ1) is 11.5. The van der Waals surface area contributed by atoms with Crippen LogP contribution in [0.3, 0.4) is 0 Å². The van der Waals surface area contributed by atoms with E-state index in [9.17, 15) is 4.79 Å². The van der Waals surface area contributed by atoms with Crippen LogP contribution < -0.4 is 5.56 Å². The van der Waals surface area contributed by atoms with Crippen LogP contribution in [-0.2, 0) is 13.0 Å². The monoisotopic (exact) mass is 391 g/mol. The van der Waals surface area contributed by atoms with Crippen molar-refractivity contribution in [1.29, 1.82) is 0 Å². The predicted molar refractivity (Wildman–Crippen MR) is 103 cm³/mol. The molecule has 0 N–H and O–H groups in total. The average molecular weight is 392 g/mol. The van der Waals surface area contributed by atoms with E-state index in [1.165, 1.54) is 19.4 Å². The SMILES string of the molecule is CCc1nc2ccc(Br)cc2c(=O)n1C[C@H]1CCCN(C(C)C)C1. The molecular weight excluding hydrogens is 366 g/mol. The van der Waals surface area contributed by atoms with Crippen LogP contribution >= 0.6 is 15.9 Å². The number of halogens is 1. The van der Waals surface area contributed by atoms with Crippen molar-refractivity contribution < 1.29 is 0 Å². The van der Waals surface area contributed by atoms with Crippen molar-refractivity contribution in [3.05, 3.63) is 38.9 Å². The van der Waals surface area contributed by atoms with E-state index in [4.69, 9.17) is 4.98 Å². The Morgan fingerprint density at radius 2 is 2.17 bits per heavy atom. The largest absolute Gasteiger partial charge is 0.301 e. The fourth-order valence-electron chi connectivity index (χ4n) is 3.67. The summed E-state index contributed by atoms with van der Waals surface area (Å²) in [6, 6.07) is 6.33. The van der Waals surface area contributed by atoms with Gasteiger partial charge in [-0.1, -0.05) is 22.9 Å². The molecule has 24 heavy (non-hydrogen) atoms. The summed E-state index contributed by atoms with van der Waals surface area (Å²) in [6.45, 7) is 9.60. The van der Waals surface area contributed by atoms with Gasteiger partial charge in [-0.3, -0.25) is 9.36 Å². The molecule has 1 aromatic heterocycles. The molecule has 0 saturated carbocycles. The normalized spacial score (nSPS) is 19.3. The highest BCUT2D eigenvalue weighted by atomic mass is 79.9. The van der Waals surface area contributed by atoms with Gasteiger partial charge in [0.1, 0.15) is 5.82 Å². The van der Waals surface area contributed by atoms with Gasteiger partial charge in [0.2, 0.25) is 0 Å². The number of aryl methyl sites for hydroxylation is 1. The summed E-state index contributed by atoms with van der Waals surface area (Å²) in [4.78, 5) is 20.3. The number of piperidine rings is 1. The molecule has 0 unspecified atom stereocenters. The summed E-state index contributed by atoms with van der Waals surface area (Å²) in [5.41, 5.74) is 0.892. The number of nitrogens with zero attached hydrogens (tertiary/aromatic N) is 3. The van der Waals surface area contributed by atoms with Crippen LogP contribution in [0.1, 0.15) is 39.4 Å². The molecule has 0 radical (unpaired) electrons. The summed E-state index contributed by atoms with van der Waals surface area (Å²) in [5, 5.41) is 0.707. The molecule has 2 heterocycles. The Labute approximate surface area is 152 Å². The van der Waals surface area contributed by atoms with E-state index in [1.54, 1.807) is 0 Å². The first-order valence-electron chi connectivity index (χ1n) is 8.92. The van der Waals surface area contributed by atoms with E-state index in [0.717, 1.165) is 35.3 Å². The van der Waals surface area contributed by atoms with Gasteiger partial charge in [-0.2, -0.15) is 0 Å². The Morgan fingerprint density at radius 3 is 2.88 bits per heavy atom. The topological polar surface area (TPSA) is 38.1 Å². The zero-order chi connectivity index (χ0) is 17.3. The van der Waals surface area contributed by atoms with Crippen LogP contribution in [0.15, 0.2) is 27.5 Å². The van der Waals surface area contributed by atoms with Gasteiger partial charge in [0.15, 0.2) is 0 Å². The lowest BCUT2D eigenvalue weighted by Crippen LogP contribution is -2.42. The third-order valence-corrected chi connectivity index (χ3v) is 5.53. The lowest BCUT2D eigenvalue weighted by Gasteiger charge is -2.35. The van der Waals surface area contributed by atoms with E-state index in [2.05, 4.69) is 41.6 Å². The molecular formula is C19H26BrN3O. The summed E-state index contributed by atoms with van der Waals surface area (Å²) in [6.07, 6.45) is 3.18. The summed E-state index contributed by atoms with van der Waals surface area (Å²) in [5.74, 6) is 1.42. The van der Waals surface area contributed by atoms with Crippen molar-refractivity contribution in [2.45, 2.75) is 52.6 Å². The number of fused-ring (bicyclic) bond motifs is 1. The van der Waals surface area contributed by atoms with Crippen molar-refractivity contribution in [1.82, 2.24) is 14.5 Å². The van der Waals surface area contributed by atoms with E-state index in [-0.39, 0.29) is 5.56 Å². The lowest BCUT2D eigenvalue weighted by atomic mass is 9.96. The smallest absolute Gasteiger partial charge is 0.261 e. The molecule has 1 aromatic carbocycles. The number of aromatic nitrogens is 2. The maximum Gasteiger partial charge on any atom is 0.261 e. The number of hydrogen-bond donors (Lipinski definition) is 0. The fourth-order valence-corrected chi connectivity index (χ4v) is 4.03. The van der Waals surface area contributed by atoms with Gasteiger partial charge in [-0.15, -0.1) is 0 Å². The van der Waals surface area contributed by atoms with Crippen molar-refractivity contribution in [3.63, 3.8) is 0 Å². The fraction of sp³-hybridized carbons (Fsp3) is 0.579. The lowest BCUT2D eigenvalue weighted by molar-refractivity contribution is 0.129. The number of rotatable bonds is 4. The highest BCUT2D eigenvalue weighted by Gasteiger charge is 2.23. The van der Waals surface area contributed by atoms with Gasteiger partial charge in [-0.25, -0.2) is 4.98 Å². The molecule has 1 saturated heterocycles. The number of benzene rings is 1. The van der Waals surface area contributed by atoms with Gasteiger partial charge in [-0.05, 0) is 57.4 Å². The first kappa shape index (κ1) is 17.6. The molecule has 1 atom stereocenters. The van der Waals surface area contributed by atoms with Crippen molar-refractivity contribution in [2.75, 3.05) is 13.1 Å². The van der Waals surface area contributed by atoms with Gasteiger partial charge in [0.25, 0.3) is 5.56 Å². The van der Waals surface area contributed by atoms with Gasteiger partial charge < -0.3 is 4.90 Å². The predicted octanol–water partition coefficient (Wildman–Crippen LogP) is 3.84.